The number of aliphatic hydroxyl groups is 1. The number of rotatable bonds is 4. The Morgan fingerprint density at radius 3 is 2.88 bits per heavy atom. The van der Waals surface area contributed by atoms with Crippen molar-refractivity contribution >= 4 is 28.4 Å². The number of fused-ring (bicyclic) bond motifs is 1. The number of carbonyl (C=O) groups is 1. The van der Waals surface area contributed by atoms with Gasteiger partial charge in [-0.3, -0.25) is 9.78 Å². The lowest BCUT2D eigenvalue weighted by molar-refractivity contribution is -0.164. The van der Waals surface area contributed by atoms with E-state index in [0.717, 1.165) is 5.56 Å². The van der Waals surface area contributed by atoms with Crippen LogP contribution in [0.25, 0.3) is 33.0 Å². The number of carbonyl (C=O) groups excluding carboxylic acids is 1. The van der Waals surface area contributed by atoms with Crippen LogP contribution in [0.1, 0.15) is 12.0 Å². The van der Waals surface area contributed by atoms with Gasteiger partial charge in [0.05, 0.1) is 11.3 Å². The highest BCUT2D eigenvalue weighted by Crippen LogP contribution is 2.37. The number of nitrogens with one attached hydrogen (secondary N) is 1. The van der Waals surface area contributed by atoms with Gasteiger partial charge in [0.25, 0.3) is 5.91 Å². The summed E-state index contributed by atoms with van der Waals surface area (Å²) < 4.78 is 38.2. The quantitative estimate of drug-likeness (QED) is 0.485. The second kappa shape index (κ2) is 7.38. The topological polar surface area (TPSA) is 95.0 Å². The lowest BCUT2D eigenvalue weighted by Crippen LogP contribution is -2.41. The highest BCUT2D eigenvalue weighted by atomic mass is 32.1. The van der Waals surface area contributed by atoms with Crippen LogP contribution in [0.2, 0.25) is 0 Å². The molecule has 0 aliphatic carbocycles. The largest absolute Gasteiger partial charge is 0.406 e. The number of nitrogens with zero attached hydrogens (tertiary/aromatic N) is 4. The fraction of sp³-hybridized carbons (Fsp3) is 0.238. The second-order valence-corrected chi connectivity index (χ2v) is 8.38. The van der Waals surface area contributed by atoms with Crippen LogP contribution < -0.4 is 0 Å². The Morgan fingerprint density at radius 2 is 2.06 bits per heavy atom. The number of alkyl halides is 3. The SMILES string of the molecule is O=C1N(CC(F)(F)F)CCC1(O)c1cccc(-c2csc(-c3c[nH]c4nccnc34)n2)c1. The molecule has 0 bridgehead atoms. The average Bonchev–Trinajstić information content (AvgIpc) is 3.48. The summed E-state index contributed by atoms with van der Waals surface area (Å²) in [4.78, 5) is 29.5. The van der Waals surface area contributed by atoms with Crippen LogP contribution in [-0.2, 0) is 10.4 Å². The van der Waals surface area contributed by atoms with Crippen molar-refractivity contribution in [3.8, 4) is 21.8 Å². The van der Waals surface area contributed by atoms with Crippen molar-refractivity contribution in [1.82, 2.24) is 24.8 Å². The van der Waals surface area contributed by atoms with Crippen LogP contribution in [-0.4, -0.2) is 55.1 Å². The van der Waals surface area contributed by atoms with Gasteiger partial charge in [0, 0.05) is 42.5 Å². The molecule has 1 unspecified atom stereocenters. The molecule has 0 spiro atoms. The van der Waals surface area contributed by atoms with Crippen molar-refractivity contribution in [2.75, 3.05) is 13.1 Å². The summed E-state index contributed by atoms with van der Waals surface area (Å²) in [5.41, 5.74) is 1.65. The van der Waals surface area contributed by atoms with Crippen LogP contribution in [0.15, 0.2) is 48.2 Å². The first-order valence-corrected chi connectivity index (χ1v) is 10.6. The standard InChI is InChI=1S/C21H16F3N5O2S/c22-21(23,24)11-29-7-4-20(31,19(29)30)13-3-1-2-12(8-13)15-10-32-18(28-15)14-9-27-17-16(14)25-5-6-26-17/h1-3,5-6,8-10,31H,4,7,11H2,(H,26,27). The molecule has 5 rings (SSSR count). The molecule has 0 saturated carbocycles. The summed E-state index contributed by atoms with van der Waals surface area (Å²) in [5, 5.41) is 13.5. The van der Waals surface area contributed by atoms with Gasteiger partial charge in [-0.2, -0.15) is 13.2 Å². The number of likely N-dealkylation sites (tertiary alicyclic amines) is 1. The molecule has 1 aliphatic rings. The molecule has 11 heteroatoms. The summed E-state index contributed by atoms with van der Waals surface area (Å²) in [6.07, 6.45) is 0.332. The van der Waals surface area contributed by atoms with E-state index in [-0.39, 0.29) is 18.5 Å². The molecule has 1 amide bonds. The first kappa shape index (κ1) is 20.6. The molecule has 1 aromatic carbocycles. The van der Waals surface area contributed by atoms with E-state index in [2.05, 4.69) is 19.9 Å². The number of H-pyrrole nitrogens is 1. The number of aromatic amines is 1. The van der Waals surface area contributed by atoms with Crippen molar-refractivity contribution in [3.63, 3.8) is 0 Å². The zero-order valence-corrected chi connectivity index (χ0v) is 17.2. The molecule has 32 heavy (non-hydrogen) atoms. The third kappa shape index (κ3) is 3.53. The van der Waals surface area contributed by atoms with E-state index in [1.165, 1.54) is 11.3 Å². The zero-order chi connectivity index (χ0) is 22.5. The number of halogens is 3. The number of aromatic nitrogens is 4. The maximum atomic E-state index is 12.7. The van der Waals surface area contributed by atoms with Gasteiger partial charge in [0.15, 0.2) is 11.2 Å². The van der Waals surface area contributed by atoms with E-state index in [4.69, 9.17) is 0 Å². The summed E-state index contributed by atoms with van der Waals surface area (Å²) in [5.74, 6) is -0.941. The Bertz CT molecular complexity index is 1320. The number of hydrogen-bond acceptors (Lipinski definition) is 6. The van der Waals surface area contributed by atoms with Gasteiger partial charge in [0.1, 0.15) is 17.1 Å². The van der Waals surface area contributed by atoms with Gasteiger partial charge in [-0.25, -0.2) is 9.97 Å². The van der Waals surface area contributed by atoms with Crippen LogP contribution in [0.5, 0.6) is 0 Å². The Balaban J connectivity index is 1.45. The molecule has 4 heterocycles. The van der Waals surface area contributed by atoms with Gasteiger partial charge < -0.3 is 15.0 Å². The third-order valence-electron chi connectivity index (χ3n) is 5.43. The van der Waals surface area contributed by atoms with Crippen molar-refractivity contribution < 1.29 is 23.1 Å². The summed E-state index contributed by atoms with van der Waals surface area (Å²) >= 11 is 1.40. The van der Waals surface area contributed by atoms with Crippen molar-refractivity contribution in [1.29, 1.82) is 0 Å². The van der Waals surface area contributed by atoms with Crippen molar-refractivity contribution in [2.45, 2.75) is 18.2 Å². The summed E-state index contributed by atoms with van der Waals surface area (Å²) in [6.45, 7) is -1.54. The Morgan fingerprint density at radius 1 is 1.25 bits per heavy atom. The number of benzene rings is 1. The van der Waals surface area contributed by atoms with Gasteiger partial charge in [-0.15, -0.1) is 11.3 Å². The molecule has 1 aliphatic heterocycles. The van der Waals surface area contributed by atoms with E-state index in [0.29, 0.717) is 32.3 Å². The lowest BCUT2D eigenvalue weighted by Gasteiger charge is -2.23. The van der Waals surface area contributed by atoms with Gasteiger partial charge in [0.2, 0.25) is 0 Å². The van der Waals surface area contributed by atoms with Gasteiger partial charge >= 0.3 is 6.18 Å². The minimum absolute atomic E-state index is 0.109. The van der Waals surface area contributed by atoms with Crippen LogP contribution in [0.4, 0.5) is 13.2 Å². The number of amides is 1. The molecule has 1 atom stereocenters. The highest BCUT2D eigenvalue weighted by molar-refractivity contribution is 7.13. The van der Waals surface area contributed by atoms with E-state index < -0.39 is 24.2 Å². The predicted molar refractivity (Wildman–Crippen MR) is 112 cm³/mol. The van der Waals surface area contributed by atoms with E-state index in [1.54, 1.807) is 42.9 Å². The molecule has 1 fully saturated rings. The monoisotopic (exact) mass is 459 g/mol. The van der Waals surface area contributed by atoms with Gasteiger partial charge in [-0.1, -0.05) is 18.2 Å². The lowest BCUT2D eigenvalue weighted by atomic mass is 9.90. The third-order valence-corrected chi connectivity index (χ3v) is 6.31. The number of thiazole rings is 1. The first-order chi connectivity index (χ1) is 15.2. The molecule has 1 saturated heterocycles. The second-order valence-electron chi connectivity index (χ2n) is 7.53. The average molecular weight is 459 g/mol. The smallest absolute Gasteiger partial charge is 0.375 e. The summed E-state index contributed by atoms with van der Waals surface area (Å²) in [6, 6.07) is 6.57. The zero-order valence-electron chi connectivity index (χ0n) is 16.4. The minimum atomic E-state index is -4.52. The van der Waals surface area contributed by atoms with Crippen molar-refractivity contribution in [3.05, 3.63) is 53.8 Å². The molecular formula is C21H16F3N5O2S. The van der Waals surface area contributed by atoms with Crippen molar-refractivity contribution in [2.24, 2.45) is 0 Å². The molecule has 4 aromatic rings. The molecular weight excluding hydrogens is 443 g/mol. The molecule has 164 valence electrons. The van der Waals surface area contributed by atoms with Gasteiger partial charge in [-0.05, 0) is 11.6 Å². The van der Waals surface area contributed by atoms with E-state index in [9.17, 15) is 23.1 Å². The fourth-order valence-corrected chi connectivity index (χ4v) is 4.73. The molecule has 7 nitrogen and oxygen atoms in total. The Labute approximate surface area is 183 Å². The number of hydrogen-bond donors (Lipinski definition) is 2. The van der Waals surface area contributed by atoms with Crippen LogP contribution in [0.3, 0.4) is 0 Å². The Hall–Kier alpha value is -3.31. The molecule has 2 N–H and O–H groups in total. The van der Waals surface area contributed by atoms with E-state index in [1.807, 2.05) is 5.38 Å². The summed E-state index contributed by atoms with van der Waals surface area (Å²) in [7, 11) is 0. The first-order valence-electron chi connectivity index (χ1n) is 9.68. The normalized spacial score (nSPS) is 19.2. The minimum Gasteiger partial charge on any atom is -0.375 e. The fourth-order valence-electron chi connectivity index (χ4n) is 3.88. The van der Waals surface area contributed by atoms with Crippen LogP contribution >= 0.6 is 11.3 Å². The van der Waals surface area contributed by atoms with E-state index >= 15 is 0 Å². The van der Waals surface area contributed by atoms with Crippen LogP contribution in [0, 0.1) is 0 Å². The molecule has 0 radical (unpaired) electrons. The Kier molecular flexibility index (Phi) is 4.75. The predicted octanol–water partition coefficient (Wildman–Crippen LogP) is 3.73. The maximum absolute atomic E-state index is 12.7. The highest BCUT2D eigenvalue weighted by Gasteiger charge is 2.49. The molecule has 3 aromatic heterocycles. The maximum Gasteiger partial charge on any atom is 0.406 e.